The van der Waals surface area contributed by atoms with Crippen molar-refractivity contribution < 1.29 is 28.8 Å². The highest BCUT2D eigenvalue weighted by Gasteiger charge is 2.85. The van der Waals surface area contributed by atoms with E-state index in [4.69, 9.17) is 23.7 Å². The molecule has 6 aliphatic rings. The van der Waals surface area contributed by atoms with Crippen LogP contribution in [0.5, 0.6) is 0 Å². The molecule has 1 unspecified atom stereocenters. The molecule has 1 aromatic rings. The number of hydrogen-bond donors (Lipinski definition) is 1. The number of hydrogen-bond acceptors (Lipinski definition) is 6. The zero-order valence-electron chi connectivity index (χ0n) is 20.6. The van der Waals surface area contributed by atoms with Crippen molar-refractivity contribution in [3.8, 4) is 0 Å². The van der Waals surface area contributed by atoms with Crippen LogP contribution in [-0.4, -0.2) is 54.3 Å². The van der Waals surface area contributed by atoms with E-state index in [0.29, 0.717) is 39.3 Å². The first kappa shape index (κ1) is 23.1. The van der Waals surface area contributed by atoms with Crippen molar-refractivity contribution in [2.45, 2.75) is 76.0 Å². The molecule has 1 N–H and O–H groups in total. The molecule has 2 heterocycles. The summed E-state index contributed by atoms with van der Waals surface area (Å²) in [5.41, 5.74) is -0.655. The van der Waals surface area contributed by atoms with E-state index in [2.05, 4.69) is 24.8 Å². The number of rotatable bonds is 7. The number of allylic oxidation sites excluding steroid dienone is 1. The van der Waals surface area contributed by atoms with Crippen molar-refractivity contribution in [1.82, 2.24) is 0 Å². The Labute approximate surface area is 202 Å². The summed E-state index contributed by atoms with van der Waals surface area (Å²) >= 11 is 0. The lowest BCUT2D eigenvalue weighted by Crippen LogP contribution is -2.71. The van der Waals surface area contributed by atoms with Gasteiger partial charge in [0, 0.05) is 24.4 Å². The van der Waals surface area contributed by atoms with Crippen LogP contribution in [0.25, 0.3) is 0 Å². The number of ether oxygens (including phenoxy) is 5. The summed E-state index contributed by atoms with van der Waals surface area (Å²) in [5.74, 6) is -0.399. The van der Waals surface area contributed by atoms with E-state index in [1.807, 2.05) is 39.0 Å². The highest BCUT2D eigenvalue weighted by molar-refractivity contribution is 5.33. The highest BCUT2D eigenvalue weighted by atomic mass is 16.8. The maximum Gasteiger partial charge on any atom is 0.164 e. The third-order valence-corrected chi connectivity index (χ3v) is 9.31. The van der Waals surface area contributed by atoms with E-state index in [-0.39, 0.29) is 41.5 Å². The summed E-state index contributed by atoms with van der Waals surface area (Å²) in [4.78, 5) is 0. The molecule has 6 heteroatoms. The van der Waals surface area contributed by atoms with Gasteiger partial charge in [0.05, 0.1) is 31.5 Å². The van der Waals surface area contributed by atoms with Crippen LogP contribution in [0.1, 0.15) is 45.6 Å². The fourth-order valence-electron chi connectivity index (χ4n) is 8.63. The van der Waals surface area contributed by atoms with Crippen molar-refractivity contribution in [2.24, 2.45) is 29.1 Å². The van der Waals surface area contributed by atoms with E-state index in [0.717, 1.165) is 12.0 Å². The molecule has 4 aliphatic carbocycles. The van der Waals surface area contributed by atoms with Gasteiger partial charge in [-0.05, 0) is 56.9 Å². The summed E-state index contributed by atoms with van der Waals surface area (Å²) < 4.78 is 32.0. The highest BCUT2D eigenvalue weighted by Crippen LogP contribution is 2.76. The minimum atomic E-state index is -0.838. The maximum atomic E-state index is 12.2. The molecule has 2 spiro atoms. The smallest absolute Gasteiger partial charge is 0.164 e. The lowest BCUT2D eigenvalue weighted by atomic mass is 9.47. The normalized spacial score (nSPS) is 47.9. The molecule has 0 aromatic heterocycles. The van der Waals surface area contributed by atoms with E-state index in [9.17, 15) is 5.11 Å². The summed E-state index contributed by atoms with van der Waals surface area (Å²) in [7, 11) is 0. The lowest BCUT2D eigenvalue weighted by molar-refractivity contribution is -0.247. The molecule has 2 aliphatic heterocycles. The van der Waals surface area contributed by atoms with Crippen LogP contribution < -0.4 is 0 Å². The average Bonchev–Trinajstić information content (AvgIpc) is 3.38. The minimum absolute atomic E-state index is 0.101. The largest absolute Gasteiger partial charge is 0.389 e. The van der Waals surface area contributed by atoms with E-state index in [1.54, 1.807) is 0 Å². The summed E-state index contributed by atoms with van der Waals surface area (Å²) in [5, 5.41) is 12.2. The summed E-state index contributed by atoms with van der Waals surface area (Å²) in [6.45, 7) is 12.4. The number of benzene rings is 1. The lowest BCUT2D eigenvalue weighted by Gasteiger charge is -2.61. The van der Waals surface area contributed by atoms with Gasteiger partial charge in [-0.3, -0.25) is 0 Å². The van der Waals surface area contributed by atoms with Crippen LogP contribution >= 0.6 is 0 Å². The van der Waals surface area contributed by atoms with Gasteiger partial charge in [-0.1, -0.05) is 36.4 Å². The Morgan fingerprint density at radius 2 is 2.00 bits per heavy atom. The minimum Gasteiger partial charge on any atom is -0.389 e. The Morgan fingerprint density at radius 1 is 1.21 bits per heavy atom. The van der Waals surface area contributed by atoms with Crippen LogP contribution in [-0.2, 0) is 30.3 Å². The third-order valence-electron chi connectivity index (χ3n) is 9.31. The van der Waals surface area contributed by atoms with Crippen molar-refractivity contribution in [3.63, 3.8) is 0 Å². The molecule has 186 valence electrons. The molecular formula is C28H38O6. The second-order valence-corrected chi connectivity index (χ2v) is 11.6. The number of fused-ring (bicyclic) bond motifs is 1. The molecule has 6 nitrogen and oxygen atoms in total. The first-order valence-electron chi connectivity index (χ1n) is 12.9. The Balaban J connectivity index is 1.37. The topological polar surface area (TPSA) is 66.4 Å². The predicted molar refractivity (Wildman–Crippen MR) is 126 cm³/mol. The van der Waals surface area contributed by atoms with Gasteiger partial charge in [-0.15, -0.1) is 6.58 Å². The van der Waals surface area contributed by atoms with Gasteiger partial charge in [0.25, 0.3) is 0 Å². The zero-order chi connectivity index (χ0) is 23.8. The van der Waals surface area contributed by atoms with Crippen LogP contribution in [0.2, 0.25) is 0 Å². The van der Waals surface area contributed by atoms with Crippen LogP contribution in [0.15, 0.2) is 43.0 Å². The zero-order valence-corrected chi connectivity index (χ0v) is 20.6. The monoisotopic (exact) mass is 470 g/mol. The van der Waals surface area contributed by atoms with Gasteiger partial charge in [0.15, 0.2) is 12.1 Å². The maximum absolute atomic E-state index is 12.2. The molecule has 34 heavy (non-hydrogen) atoms. The van der Waals surface area contributed by atoms with Gasteiger partial charge in [0.2, 0.25) is 0 Å². The van der Waals surface area contributed by atoms with Gasteiger partial charge >= 0.3 is 0 Å². The fourth-order valence-corrected chi connectivity index (χ4v) is 8.63. The van der Waals surface area contributed by atoms with E-state index < -0.39 is 17.0 Å². The predicted octanol–water partition coefficient (Wildman–Crippen LogP) is 4.07. The van der Waals surface area contributed by atoms with Crippen molar-refractivity contribution in [1.29, 1.82) is 0 Å². The van der Waals surface area contributed by atoms with Gasteiger partial charge in [0.1, 0.15) is 5.60 Å². The molecule has 2 saturated heterocycles. The average molecular weight is 471 g/mol. The van der Waals surface area contributed by atoms with E-state index in [1.165, 1.54) is 0 Å². The Hall–Kier alpha value is -1.28. The van der Waals surface area contributed by atoms with Crippen molar-refractivity contribution in [3.05, 3.63) is 48.6 Å². The Kier molecular flexibility index (Phi) is 5.35. The van der Waals surface area contributed by atoms with Gasteiger partial charge in [-0.25, -0.2) is 0 Å². The molecule has 6 fully saturated rings. The second-order valence-electron chi connectivity index (χ2n) is 11.6. The Bertz CT molecular complexity index is 934. The molecule has 7 rings (SSSR count). The molecule has 0 amide bonds. The third kappa shape index (κ3) is 3.09. The van der Waals surface area contributed by atoms with E-state index >= 15 is 0 Å². The molecular weight excluding hydrogens is 432 g/mol. The van der Waals surface area contributed by atoms with Crippen molar-refractivity contribution in [2.75, 3.05) is 19.8 Å². The molecule has 0 radical (unpaired) electrons. The van der Waals surface area contributed by atoms with Crippen LogP contribution in [0.3, 0.4) is 0 Å². The summed E-state index contributed by atoms with van der Waals surface area (Å²) in [6, 6.07) is 10.2. The van der Waals surface area contributed by atoms with Crippen molar-refractivity contribution >= 4 is 0 Å². The van der Waals surface area contributed by atoms with Crippen LogP contribution in [0, 0.1) is 29.1 Å². The fraction of sp³-hybridized carbons (Fsp3) is 0.714. The molecule has 4 bridgehead atoms. The molecule has 9 atom stereocenters. The quantitative estimate of drug-likeness (QED) is 0.606. The second kappa shape index (κ2) is 7.86. The van der Waals surface area contributed by atoms with Gasteiger partial charge in [-0.2, -0.15) is 0 Å². The first-order valence-corrected chi connectivity index (χ1v) is 12.9. The molecule has 4 saturated carbocycles. The number of aliphatic hydroxyl groups is 1. The standard InChI is InChI=1S/C28H38O6/c1-5-19-20-12-27(29)16-26(13-22(31-6-2)32-17-26)28(24(20)33-25(3,4)34-28)23(27)21(19)15-30-14-18-10-8-7-9-11-18/h5,7-11,19-24,29H,1,6,12-17H2,2-4H3/t19-,20+,21+,22?,23+,24-,26+,27-,28+/m1/s1. The first-order chi connectivity index (χ1) is 16.3. The Morgan fingerprint density at radius 3 is 2.74 bits per heavy atom. The van der Waals surface area contributed by atoms with Crippen LogP contribution in [0.4, 0.5) is 0 Å². The SMILES string of the molecule is C=C[C@@H]1[C@@H]2C[C@@]3(O)C[C@@]4(COC(OCC)C4)[C@]4(OC(C)(C)O[C@H]24)[C@H]3[C@H]1COCc1ccccc1. The molecule has 1 aromatic carbocycles. The van der Waals surface area contributed by atoms with Gasteiger partial charge < -0.3 is 28.8 Å². The summed E-state index contributed by atoms with van der Waals surface area (Å²) in [6.07, 6.45) is 3.78.